The summed E-state index contributed by atoms with van der Waals surface area (Å²) in [4.78, 5) is 4.18. The molecule has 1 rings (SSSR count). The first-order valence-electron chi connectivity index (χ1n) is 4.39. The van der Waals surface area contributed by atoms with E-state index >= 15 is 0 Å². The average molecular weight is 182 g/mol. The highest BCUT2D eigenvalue weighted by molar-refractivity contribution is 5.16. The largest absolute Gasteiger partial charge is 0.330 e. The second-order valence-corrected chi connectivity index (χ2v) is 3.53. The van der Waals surface area contributed by atoms with E-state index in [9.17, 15) is 4.39 Å². The first-order chi connectivity index (χ1) is 6.04. The predicted molar refractivity (Wildman–Crippen MR) is 51.1 cm³/mol. The summed E-state index contributed by atoms with van der Waals surface area (Å²) in [7, 11) is 0. The molecule has 72 valence electrons. The van der Waals surface area contributed by atoms with Crippen LogP contribution in [0.15, 0.2) is 18.2 Å². The lowest BCUT2D eigenvalue weighted by molar-refractivity contribution is 0.214. The topological polar surface area (TPSA) is 38.9 Å². The molecule has 0 saturated carbocycles. The lowest BCUT2D eigenvalue weighted by Crippen LogP contribution is -2.13. The monoisotopic (exact) mass is 182 g/mol. The van der Waals surface area contributed by atoms with E-state index in [0.717, 1.165) is 5.69 Å². The highest BCUT2D eigenvalue weighted by Crippen LogP contribution is 2.22. The second-order valence-electron chi connectivity index (χ2n) is 3.53. The first-order valence-corrected chi connectivity index (χ1v) is 4.39. The maximum Gasteiger partial charge on any atom is 0.147 e. The van der Waals surface area contributed by atoms with Crippen LogP contribution in [0.1, 0.15) is 25.2 Å². The molecular formula is C10H15FN2. The third-order valence-electron chi connectivity index (χ3n) is 1.82. The van der Waals surface area contributed by atoms with Gasteiger partial charge in [-0.2, -0.15) is 0 Å². The molecule has 1 aromatic heterocycles. The van der Waals surface area contributed by atoms with Gasteiger partial charge >= 0.3 is 0 Å². The summed E-state index contributed by atoms with van der Waals surface area (Å²) in [6.07, 6.45) is 0.698. The third-order valence-corrected chi connectivity index (χ3v) is 1.82. The van der Waals surface area contributed by atoms with Gasteiger partial charge in [0.05, 0.1) is 5.69 Å². The molecule has 0 saturated heterocycles. The molecule has 0 bridgehead atoms. The van der Waals surface area contributed by atoms with Crippen LogP contribution in [0.25, 0.3) is 0 Å². The Morgan fingerprint density at radius 3 is 2.69 bits per heavy atom. The number of nitrogens with two attached hydrogens (primary N) is 1. The van der Waals surface area contributed by atoms with Gasteiger partial charge in [-0.15, -0.1) is 0 Å². The van der Waals surface area contributed by atoms with Gasteiger partial charge in [0, 0.05) is 12.1 Å². The Balaban J connectivity index is 2.92. The summed E-state index contributed by atoms with van der Waals surface area (Å²) in [5, 5.41) is 0. The molecule has 0 unspecified atom stereocenters. The molecule has 0 atom stereocenters. The van der Waals surface area contributed by atoms with Crippen LogP contribution in [0, 0.1) is 0 Å². The number of aromatic nitrogens is 1. The predicted octanol–water partition coefficient (Wildman–Crippen LogP) is 1.79. The number of alkyl halides is 1. The number of pyridine rings is 1. The third kappa shape index (κ3) is 2.77. The van der Waals surface area contributed by atoms with E-state index in [4.69, 9.17) is 5.73 Å². The van der Waals surface area contributed by atoms with Crippen LogP contribution in [-0.4, -0.2) is 11.5 Å². The van der Waals surface area contributed by atoms with E-state index < -0.39 is 5.67 Å². The average Bonchev–Trinajstić information content (AvgIpc) is 2.04. The Kier molecular flexibility index (Phi) is 2.98. The van der Waals surface area contributed by atoms with Crippen molar-refractivity contribution in [2.24, 2.45) is 5.73 Å². The molecule has 3 heteroatoms. The minimum atomic E-state index is -1.37. The van der Waals surface area contributed by atoms with E-state index in [2.05, 4.69) is 4.98 Å². The smallest absolute Gasteiger partial charge is 0.147 e. The molecule has 1 aromatic rings. The molecule has 0 aliphatic heterocycles. The summed E-state index contributed by atoms with van der Waals surface area (Å²) in [6, 6.07) is 5.37. The Bertz CT molecular complexity index is 278. The zero-order chi connectivity index (χ0) is 9.90. The van der Waals surface area contributed by atoms with Crippen molar-refractivity contribution in [3.05, 3.63) is 29.6 Å². The zero-order valence-electron chi connectivity index (χ0n) is 8.05. The minimum Gasteiger partial charge on any atom is -0.330 e. The Morgan fingerprint density at radius 2 is 2.15 bits per heavy atom. The van der Waals surface area contributed by atoms with Gasteiger partial charge in [-0.1, -0.05) is 6.07 Å². The van der Waals surface area contributed by atoms with E-state index in [1.807, 2.05) is 12.1 Å². The van der Waals surface area contributed by atoms with Crippen LogP contribution in [-0.2, 0) is 12.1 Å². The number of hydrogen-bond donors (Lipinski definition) is 1. The SMILES string of the molecule is CC(C)(F)c1cccc(CCN)n1. The molecule has 0 amide bonds. The molecule has 0 aromatic carbocycles. The van der Waals surface area contributed by atoms with Crippen LogP contribution in [0.2, 0.25) is 0 Å². The molecule has 2 N–H and O–H groups in total. The van der Waals surface area contributed by atoms with Gasteiger partial charge in [0.1, 0.15) is 5.67 Å². The van der Waals surface area contributed by atoms with Crippen molar-refractivity contribution in [3.8, 4) is 0 Å². The normalized spacial score (nSPS) is 11.7. The number of halogens is 1. The Labute approximate surface area is 78.0 Å². The van der Waals surface area contributed by atoms with Crippen LogP contribution in [0.5, 0.6) is 0 Å². The minimum absolute atomic E-state index is 0.471. The van der Waals surface area contributed by atoms with Crippen LogP contribution in [0.4, 0.5) is 4.39 Å². The standard InChI is InChI=1S/C10H15FN2/c1-10(2,11)9-5-3-4-8(13-9)6-7-12/h3-5H,6-7,12H2,1-2H3. The lowest BCUT2D eigenvalue weighted by atomic mass is 10.1. The number of nitrogens with zero attached hydrogens (tertiary/aromatic N) is 1. The quantitative estimate of drug-likeness (QED) is 0.774. The molecular weight excluding hydrogens is 167 g/mol. The van der Waals surface area contributed by atoms with Crippen LogP contribution < -0.4 is 5.73 Å². The molecule has 0 aliphatic rings. The fourth-order valence-corrected chi connectivity index (χ4v) is 1.10. The molecule has 0 radical (unpaired) electrons. The van der Waals surface area contributed by atoms with Crippen molar-refractivity contribution in [3.63, 3.8) is 0 Å². The lowest BCUT2D eigenvalue weighted by Gasteiger charge is -2.13. The van der Waals surface area contributed by atoms with Gasteiger partial charge in [0.2, 0.25) is 0 Å². The maximum atomic E-state index is 13.4. The molecule has 0 aliphatic carbocycles. The summed E-state index contributed by atoms with van der Waals surface area (Å²) in [5.41, 5.74) is 5.34. The number of hydrogen-bond acceptors (Lipinski definition) is 2. The fourth-order valence-electron chi connectivity index (χ4n) is 1.10. The maximum absolute atomic E-state index is 13.4. The molecule has 0 spiro atoms. The van der Waals surface area contributed by atoms with Crippen molar-refractivity contribution in [1.82, 2.24) is 4.98 Å². The van der Waals surface area contributed by atoms with Crippen LogP contribution >= 0.6 is 0 Å². The van der Waals surface area contributed by atoms with Crippen molar-refractivity contribution in [2.75, 3.05) is 6.54 Å². The highest BCUT2D eigenvalue weighted by atomic mass is 19.1. The summed E-state index contributed by atoms with van der Waals surface area (Å²) < 4.78 is 13.4. The fraction of sp³-hybridized carbons (Fsp3) is 0.500. The summed E-state index contributed by atoms with van der Waals surface area (Å²) >= 11 is 0. The zero-order valence-corrected chi connectivity index (χ0v) is 8.05. The van der Waals surface area contributed by atoms with E-state index in [1.165, 1.54) is 13.8 Å². The molecule has 1 heterocycles. The van der Waals surface area contributed by atoms with Crippen LogP contribution in [0.3, 0.4) is 0 Å². The highest BCUT2D eigenvalue weighted by Gasteiger charge is 2.20. The van der Waals surface area contributed by atoms with Crippen molar-refractivity contribution >= 4 is 0 Å². The van der Waals surface area contributed by atoms with Gasteiger partial charge in [0.25, 0.3) is 0 Å². The van der Waals surface area contributed by atoms with Gasteiger partial charge in [0.15, 0.2) is 0 Å². The summed E-state index contributed by atoms with van der Waals surface area (Å²) in [5.74, 6) is 0. The second kappa shape index (κ2) is 3.83. The van der Waals surface area contributed by atoms with Gasteiger partial charge in [-0.05, 0) is 32.5 Å². The van der Waals surface area contributed by atoms with Crippen molar-refractivity contribution in [2.45, 2.75) is 25.9 Å². The molecule has 13 heavy (non-hydrogen) atoms. The Hall–Kier alpha value is -0.960. The van der Waals surface area contributed by atoms with Crippen molar-refractivity contribution in [1.29, 1.82) is 0 Å². The van der Waals surface area contributed by atoms with Gasteiger partial charge in [-0.3, -0.25) is 4.98 Å². The van der Waals surface area contributed by atoms with Gasteiger partial charge < -0.3 is 5.73 Å². The van der Waals surface area contributed by atoms with Crippen molar-refractivity contribution < 1.29 is 4.39 Å². The van der Waals surface area contributed by atoms with E-state index in [-0.39, 0.29) is 0 Å². The van der Waals surface area contributed by atoms with E-state index in [1.54, 1.807) is 6.07 Å². The number of rotatable bonds is 3. The molecule has 2 nitrogen and oxygen atoms in total. The Morgan fingerprint density at radius 1 is 1.46 bits per heavy atom. The van der Waals surface area contributed by atoms with Gasteiger partial charge in [-0.25, -0.2) is 4.39 Å². The summed E-state index contributed by atoms with van der Waals surface area (Å²) in [6.45, 7) is 3.55. The molecule has 0 fully saturated rings. The van der Waals surface area contributed by atoms with E-state index in [0.29, 0.717) is 18.7 Å². The first kappa shape index (κ1) is 10.1.